The number of nitrogens with one attached hydrogen (secondary N) is 1. The fourth-order valence-corrected chi connectivity index (χ4v) is 3.46. The quantitative estimate of drug-likeness (QED) is 0.342. The smallest absolute Gasteiger partial charge is 0.290 e. The summed E-state index contributed by atoms with van der Waals surface area (Å²) in [6.45, 7) is 0. The number of rotatable bonds is 4. The molecule has 9 heteroatoms. The van der Waals surface area contributed by atoms with Gasteiger partial charge >= 0.3 is 0 Å². The lowest BCUT2D eigenvalue weighted by molar-refractivity contribution is -0.387. The lowest BCUT2D eigenvalue weighted by Crippen LogP contribution is -2.15. The van der Waals surface area contributed by atoms with Crippen LogP contribution in [0.4, 0.5) is 17.1 Å². The number of benzene rings is 2. The molecule has 0 fully saturated rings. The third-order valence-corrected chi connectivity index (χ3v) is 4.63. The molecule has 0 radical (unpaired) electrons. The van der Waals surface area contributed by atoms with Crippen LogP contribution in [0.1, 0.15) is 0 Å². The van der Waals surface area contributed by atoms with Crippen molar-refractivity contribution in [2.24, 2.45) is 0 Å². The van der Waals surface area contributed by atoms with Crippen LogP contribution < -0.4 is 10.5 Å². The summed E-state index contributed by atoms with van der Waals surface area (Å²) in [7, 11) is -4.10. The molecule has 7 nitrogen and oxygen atoms in total. The fraction of sp³-hybridized carbons (Fsp3) is 0. The van der Waals surface area contributed by atoms with Crippen molar-refractivity contribution in [1.29, 1.82) is 0 Å². The number of hydrogen-bond acceptors (Lipinski definition) is 5. The molecule has 2 rings (SSSR count). The molecule has 0 aliphatic rings. The van der Waals surface area contributed by atoms with Crippen LogP contribution in [-0.2, 0) is 10.0 Å². The van der Waals surface area contributed by atoms with Gasteiger partial charge in [-0.3, -0.25) is 14.8 Å². The van der Waals surface area contributed by atoms with Gasteiger partial charge in [0.25, 0.3) is 15.7 Å². The van der Waals surface area contributed by atoms with E-state index in [9.17, 15) is 18.5 Å². The van der Waals surface area contributed by atoms with Crippen molar-refractivity contribution in [3.63, 3.8) is 0 Å². The van der Waals surface area contributed by atoms with Gasteiger partial charge in [-0.05, 0) is 52.9 Å². The Morgan fingerprint density at radius 2 is 1.90 bits per heavy atom. The van der Waals surface area contributed by atoms with E-state index >= 15 is 0 Å². The summed E-state index contributed by atoms with van der Waals surface area (Å²) in [5, 5.41) is 11.0. The second-order valence-corrected chi connectivity index (χ2v) is 7.00. The highest BCUT2D eigenvalue weighted by molar-refractivity contribution is 14.1. The van der Waals surface area contributed by atoms with E-state index in [0.717, 1.165) is 15.7 Å². The summed E-state index contributed by atoms with van der Waals surface area (Å²) in [5.41, 5.74) is 5.45. The maximum absolute atomic E-state index is 12.3. The summed E-state index contributed by atoms with van der Waals surface area (Å²) < 4.78 is 27.8. The summed E-state index contributed by atoms with van der Waals surface area (Å²) >= 11 is 2.03. The molecule has 0 heterocycles. The maximum Gasteiger partial charge on any atom is 0.290 e. The van der Waals surface area contributed by atoms with Gasteiger partial charge < -0.3 is 5.73 Å². The first-order chi connectivity index (χ1) is 9.79. The van der Waals surface area contributed by atoms with Crippen molar-refractivity contribution in [2.45, 2.75) is 4.90 Å². The topological polar surface area (TPSA) is 115 Å². The molecule has 0 aromatic heterocycles. The maximum atomic E-state index is 12.3. The molecule has 0 saturated heterocycles. The minimum atomic E-state index is -4.10. The number of halogens is 1. The number of nitro groups is 1. The first-order valence-electron chi connectivity index (χ1n) is 5.62. The number of nitro benzene ring substituents is 1. The molecular weight excluding hydrogens is 409 g/mol. The van der Waals surface area contributed by atoms with Crippen LogP contribution in [0, 0.1) is 13.7 Å². The molecule has 0 aliphatic heterocycles. The van der Waals surface area contributed by atoms with Crippen LogP contribution in [-0.4, -0.2) is 13.3 Å². The third kappa shape index (κ3) is 3.61. The van der Waals surface area contributed by atoms with E-state index in [1.165, 1.54) is 6.07 Å². The lowest BCUT2D eigenvalue weighted by Gasteiger charge is -2.09. The summed E-state index contributed by atoms with van der Waals surface area (Å²) in [6, 6.07) is 10.0. The first-order valence-corrected chi connectivity index (χ1v) is 8.18. The second kappa shape index (κ2) is 5.85. The Morgan fingerprint density at radius 3 is 2.52 bits per heavy atom. The van der Waals surface area contributed by atoms with Gasteiger partial charge in [0.1, 0.15) is 0 Å². The number of nitrogens with zero attached hydrogens (tertiary/aromatic N) is 1. The van der Waals surface area contributed by atoms with Crippen LogP contribution >= 0.6 is 22.6 Å². The Bertz CT molecular complexity index is 808. The third-order valence-electron chi connectivity index (χ3n) is 2.55. The molecule has 2 aromatic rings. The lowest BCUT2D eigenvalue weighted by atomic mass is 10.3. The Kier molecular flexibility index (Phi) is 4.32. The molecule has 0 atom stereocenters. The molecule has 21 heavy (non-hydrogen) atoms. The first kappa shape index (κ1) is 15.5. The molecule has 0 bridgehead atoms. The Morgan fingerprint density at radius 1 is 1.19 bits per heavy atom. The summed E-state index contributed by atoms with van der Waals surface area (Å²) in [5.74, 6) is 0. The van der Waals surface area contributed by atoms with Crippen LogP contribution in [0.5, 0.6) is 0 Å². The Labute approximate surface area is 134 Å². The number of anilines is 2. The molecule has 2 aromatic carbocycles. The van der Waals surface area contributed by atoms with Crippen molar-refractivity contribution < 1.29 is 13.3 Å². The van der Waals surface area contributed by atoms with Crippen LogP contribution in [0.2, 0.25) is 0 Å². The minimum Gasteiger partial charge on any atom is -0.399 e. The second-order valence-electron chi connectivity index (χ2n) is 4.10. The number of nitrogen functional groups attached to an aromatic ring is 1. The molecule has 0 aliphatic carbocycles. The van der Waals surface area contributed by atoms with E-state index in [1.807, 2.05) is 22.6 Å². The van der Waals surface area contributed by atoms with E-state index in [0.29, 0.717) is 5.69 Å². The molecule has 0 saturated carbocycles. The predicted molar refractivity (Wildman–Crippen MR) is 87.5 cm³/mol. The van der Waals surface area contributed by atoms with Gasteiger partial charge in [0, 0.05) is 21.0 Å². The number of nitrogens with two attached hydrogens (primary N) is 1. The van der Waals surface area contributed by atoms with E-state index < -0.39 is 25.5 Å². The van der Waals surface area contributed by atoms with E-state index in [1.54, 1.807) is 24.3 Å². The van der Waals surface area contributed by atoms with Gasteiger partial charge in [-0.1, -0.05) is 6.07 Å². The van der Waals surface area contributed by atoms with Gasteiger partial charge in [-0.2, -0.15) is 0 Å². The van der Waals surface area contributed by atoms with Crippen molar-refractivity contribution >= 4 is 49.7 Å². The van der Waals surface area contributed by atoms with Crippen LogP contribution in [0.3, 0.4) is 0 Å². The normalized spacial score (nSPS) is 11.1. The average molecular weight is 419 g/mol. The summed E-state index contributed by atoms with van der Waals surface area (Å²) in [6.07, 6.45) is 0. The molecule has 0 amide bonds. The van der Waals surface area contributed by atoms with E-state index in [2.05, 4.69) is 4.72 Å². The highest BCUT2D eigenvalue weighted by Crippen LogP contribution is 2.28. The minimum absolute atomic E-state index is 0.128. The zero-order valence-electron chi connectivity index (χ0n) is 10.5. The van der Waals surface area contributed by atoms with Crippen LogP contribution in [0.25, 0.3) is 0 Å². The van der Waals surface area contributed by atoms with Crippen LogP contribution in [0.15, 0.2) is 47.4 Å². The van der Waals surface area contributed by atoms with E-state index in [-0.39, 0.29) is 5.69 Å². The highest BCUT2D eigenvalue weighted by Gasteiger charge is 2.26. The molecule has 110 valence electrons. The van der Waals surface area contributed by atoms with Crippen molar-refractivity contribution in [3.8, 4) is 0 Å². The van der Waals surface area contributed by atoms with Gasteiger partial charge in [-0.25, -0.2) is 8.42 Å². The Hall–Kier alpha value is -1.88. The van der Waals surface area contributed by atoms with Crippen molar-refractivity contribution in [1.82, 2.24) is 0 Å². The van der Waals surface area contributed by atoms with Gasteiger partial charge in [-0.15, -0.1) is 0 Å². The molecule has 0 spiro atoms. The standard InChI is InChI=1S/C12H10IN3O4S/c13-8-2-1-3-10(6-8)15-21(19,20)12-7-9(14)4-5-11(12)16(17)18/h1-7,15H,14H2. The molecular formula is C12H10IN3O4S. The van der Waals surface area contributed by atoms with Crippen molar-refractivity contribution in [2.75, 3.05) is 10.5 Å². The summed E-state index contributed by atoms with van der Waals surface area (Å²) in [4.78, 5) is 9.73. The Balaban J connectivity index is 2.49. The van der Waals surface area contributed by atoms with Crippen molar-refractivity contribution in [3.05, 3.63) is 56.1 Å². The average Bonchev–Trinajstić information content (AvgIpc) is 2.37. The SMILES string of the molecule is Nc1ccc([N+](=O)[O-])c(S(=O)(=O)Nc2cccc(I)c2)c1. The van der Waals surface area contributed by atoms with Gasteiger partial charge in [0.15, 0.2) is 4.90 Å². The number of hydrogen-bond donors (Lipinski definition) is 2. The zero-order chi connectivity index (χ0) is 15.6. The van der Waals surface area contributed by atoms with E-state index in [4.69, 9.17) is 5.73 Å². The molecule has 3 N–H and O–H groups in total. The monoisotopic (exact) mass is 419 g/mol. The molecule has 0 unspecified atom stereocenters. The predicted octanol–water partition coefficient (Wildman–Crippen LogP) is 2.58. The zero-order valence-corrected chi connectivity index (χ0v) is 13.5. The fourth-order valence-electron chi connectivity index (χ4n) is 1.66. The van der Waals surface area contributed by atoms with Gasteiger partial charge in [0.2, 0.25) is 0 Å². The largest absolute Gasteiger partial charge is 0.399 e. The number of sulfonamides is 1. The highest BCUT2D eigenvalue weighted by atomic mass is 127. The van der Waals surface area contributed by atoms with Gasteiger partial charge in [0.05, 0.1) is 4.92 Å².